The first-order valence-corrected chi connectivity index (χ1v) is 12.0. The zero-order valence-electron chi connectivity index (χ0n) is 21.9. The van der Waals surface area contributed by atoms with Crippen molar-refractivity contribution in [2.75, 3.05) is 14.2 Å². The summed E-state index contributed by atoms with van der Waals surface area (Å²) in [6.45, 7) is 0. The molecule has 0 unspecified atom stereocenters. The molecule has 0 bridgehead atoms. The van der Waals surface area contributed by atoms with Crippen molar-refractivity contribution in [2.24, 2.45) is 23.7 Å². The molecule has 44 heavy (non-hydrogen) atoms. The lowest BCUT2D eigenvalue weighted by molar-refractivity contribution is -0.178. The van der Waals surface area contributed by atoms with Crippen molar-refractivity contribution in [3.63, 3.8) is 0 Å². The van der Waals surface area contributed by atoms with Crippen LogP contribution in [0.1, 0.15) is 23.0 Å². The van der Waals surface area contributed by atoms with E-state index in [1.54, 1.807) is 0 Å². The Hall–Kier alpha value is -3.86. The molecule has 4 atom stereocenters. The number of hydrogen-bond donors (Lipinski definition) is 0. The fraction of sp³-hybridized carbons (Fsp3) is 0.462. The fourth-order valence-electron chi connectivity index (χ4n) is 5.41. The number of methoxy groups -OCH3 is 2. The second kappa shape index (κ2) is 11.6. The number of alkyl halides is 12. The molecule has 0 saturated heterocycles. The lowest BCUT2D eigenvalue weighted by atomic mass is 9.73. The van der Waals surface area contributed by atoms with Crippen LogP contribution in [0.15, 0.2) is 36.4 Å². The van der Waals surface area contributed by atoms with Gasteiger partial charge in [0.1, 0.15) is 11.5 Å². The summed E-state index contributed by atoms with van der Waals surface area (Å²) >= 11 is 0. The van der Waals surface area contributed by atoms with Crippen LogP contribution in [0.2, 0.25) is 0 Å². The van der Waals surface area contributed by atoms with Gasteiger partial charge in [0.05, 0.1) is 37.9 Å². The first-order valence-electron chi connectivity index (χ1n) is 12.0. The molecular weight excluding hydrogens is 636 g/mol. The molecule has 18 heteroatoms. The standard InChI is InChI=1S/C26H18F12O6/c1-43-15-8-16(44-2)14(18-11(21(41)25(33,34)35)5-6-12(18)22(42)26(36,37)38)7-13(15)17-9(19(39)23(27,28)29)3-4-10(17)20(40)24(30,31)32/h3-12,17-18H,1-2H3/t9-,10-,11-,12-/m1/s1. The minimum Gasteiger partial charge on any atom is -0.496 e. The van der Waals surface area contributed by atoms with Gasteiger partial charge in [-0.15, -0.1) is 0 Å². The smallest absolute Gasteiger partial charge is 0.450 e. The molecule has 6 nitrogen and oxygen atoms in total. The second-order valence-corrected chi connectivity index (χ2v) is 9.71. The van der Waals surface area contributed by atoms with Crippen LogP contribution < -0.4 is 9.47 Å². The van der Waals surface area contributed by atoms with Gasteiger partial charge in [0, 0.05) is 17.9 Å². The third-order valence-electron chi connectivity index (χ3n) is 7.23. The van der Waals surface area contributed by atoms with Crippen LogP contribution in [0.3, 0.4) is 0 Å². The summed E-state index contributed by atoms with van der Waals surface area (Å²) in [4.78, 5) is 49.0. The maximum absolute atomic E-state index is 13.4. The van der Waals surface area contributed by atoms with Crippen LogP contribution >= 0.6 is 0 Å². The van der Waals surface area contributed by atoms with Gasteiger partial charge in [0.2, 0.25) is 23.1 Å². The van der Waals surface area contributed by atoms with E-state index in [0.717, 1.165) is 14.2 Å². The van der Waals surface area contributed by atoms with Gasteiger partial charge in [0.15, 0.2) is 0 Å². The molecular formula is C26H18F12O6. The van der Waals surface area contributed by atoms with Gasteiger partial charge in [-0.1, -0.05) is 24.3 Å². The normalized spacial score (nSPS) is 23.2. The summed E-state index contributed by atoms with van der Waals surface area (Å²) in [6, 6.07) is 1.14. The maximum atomic E-state index is 13.4. The molecule has 1 aromatic carbocycles. The Balaban J connectivity index is 2.37. The average Bonchev–Trinajstić information content (AvgIpc) is 3.53. The molecule has 0 aliphatic heterocycles. The highest BCUT2D eigenvalue weighted by molar-refractivity contribution is 5.96. The zero-order valence-corrected chi connectivity index (χ0v) is 21.9. The largest absolute Gasteiger partial charge is 0.496 e. The van der Waals surface area contributed by atoms with E-state index < -0.39 is 106 Å². The zero-order chi connectivity index (χ0) is 33.7. The summed E-state index contributed by atoms with van der Waals surface area (Å²) in [5, 5.41) is 0. The van der Waals surface area contributed by atoms with Crippen molar-refractivity contribution in [2.45, 2.75) is 36.5 Å². The molecule has 0 radical (unpaired) electrons. The van der Waals surface area contributed by atoms with Crippen molar-refractivity contribution >= 4 is 23.1 Å². The van der Waals surface area contributed by atoms with Crippen LogP contribution in [0.5, 0.6) is 11.5 Å². The predicted octanol–water partition coefficient (Wildman–Crippen LogP) is 6.00. The summed E-state index contributed by atoms with van der Waals surface area (Å²) in [5.74, 6) is -26.8. The number of carbonyl (C=O) groups is 4. The minimum absolute atomic E-state index is 0.362. The predicted molar refractivity (Wildman–Crippen MR) is 122 cm³/mol. The van der Waals surface area contributed by atoms with E-state index in [9.17, 15) is 71.9 Å². The molecule has 0 N–H and O–H groups in total. The first kappa shape index (κ1) is 34.6. The van der Waals surface area contributed by atoms with E-state index in [2.05, 4.69) is 0 Å². The number of hydrogen-bond acceptors (Lipinski definition) is 6. The third kappa shape index (κ3) is 6.47. The van der Waals surface area contributed by atoms with Crippen molar-refractivity contribution < 1.29 is 81.3 Å². The molecule has 242 valence electrons. The van der Waals surface area contributed by atoms with E-state index in [0.29, 0.717) is 36.4 Å². The van der Waals surface area contributed by atoms with Gasteiger partial charge in [-0.25, -0.2) is 0 Å². The molecule has 0 fully saturated rings. The number of benzene rings is 1. The van der Waals surface area contributed by atoms with Crippen molar-refractivity contribution in [1.82, 2.24) is 0 Å². The lowest BCUT2D eigenvalue weighted by Gasteiger charge is -2.31. The van der Waals surface area contributed by atoms with E-state index in [1.165, 1.54) is 0 Å². The van der Waals surface area contributed by atoms with Crippen molar-refractivity contribution in [3.05, 3.63) is 47.6 Å². The molecule has 0 heterocycles. The highest BCUT2D eigenvalue weighted by Crippen LogP contribution is 2.53. The summed E-state index contributed by atoms with van der Waals surface area (Å²) in [5.41, 5.74) is -1.72. The summed E-state index contributed by atoms with van der Waals surface area (Å²) in [7, 11) is 1.65. The molecule has 1 aromatic rings. The van der Waals surface area contributed by atoms with Crippen LogP contribution in [0, 0.1) is 23.7 Å². The van der Waals surface area contributed by atoms with E-state index in [1.807, 2.05) is 0 Å². The number of carbonyl (C=O) groups excluding carboxylic acids is 4. The average molecular weight is 654 g/mol. The summed E-state index contributed by atoms with van der Waals surface area (Å²) in [6.07, 6.45) is -21.2. The highest BCUT2D eigenvalue weighted by atomic mass is 19.4. The van der Waals surface area contributed by atoms with Crippen LogP contribution in [0.25, 0.3) is 0 Å². The fourth-order valence-corrected chi connectivity index (χ4v) is 5.41. The Morgan fingerprint density at radius 2 is 0.705 bits per heavy atom. The van der Waals surface area contributed by atoms with E-state index >= 15 is 0 Å². The van der Waals surface area contributed by atoms with Gasteiger partial charge in [0.25, 0.3) is 0 Å². The number of halogens is 12. The SMILES string of the molecule is COc1cc(OC)c(C2[C@H](C(=O)C(F)(F)F)C=C[C@H]2C(=O)C(F)(F)F)cc1C1[C@H](C(=O)C(F)(F)F)C=C[C@H]1C(=O)C(F)(F)F. The van der Waals surface area contributed by atoms with E-state index in [-0.39, 0.29) is 0 Å². The van der Waals surface area contributed by atoms with Gasteiger partial charge >= 0.3 is 24.7 Å². The topological polar surface area (TPSA) is 86.7 Å². The minimum atomic E-state index is -5.67. The Morgan fingerprint density at radius 3 is 0.886 bits per heavy atom. The molecule has 3 rings (SSSR count). The van der Waals surface area contributed by atoms with E-state index in [4.69, 9.17) is 9.47 Å². The highest BCUT2D eigenvalue weighted by Gasteiger charge is 2.57. The number of ketones is 4. The number of ether oxygens (including phenoxy) is 2. The lowest BCUT2D eigenvalue weighted by Crippen LogP contribution is -2.38. The Bertz CT molecular complexity index is 1230. The molecule has 0 spiro atoms. The second-order valence-electron chi connectivity index (χ2n) is 9.71. The van der Waals surface area contributed by atoms with Crippen LogP contribution in [-0.2, 0) is 19.2 Å². The number of allylic oxidation sites excluding steroid dienone is 4. The van der Waals surface area contributed by atoms with Gasteiger partial charge in [-0.2, -0.15) is 52.7 Å². The van der Waals surface area contributed by atoms with Gasteiger partial charge in [-0.05, 0) is 17.2 Å². The third-order valence-corrected chi connectivity index (χ3v) is 7.23. The molecule has 2 aliphatic carbocycles. The first-order chi connectivity index (χ1) is 20.0. The van der Waals surface area contributed by atoms with Crippen molar-refractivity contribution in [3.8, 4) is 11.5 Å². The summed E-state index contributed by atoms with van der Waals surface area (Å²) < 4.78 is 171. The molecule has 0 saturated carbocycles. The van der Waals surface area contributed by atoms with Gasteiger partial charge < -0.3 is 9.47 Å². The Labute approximate surface area is 238 Å². The quantitative estimate of drug-likeness (QED) is 0.253. The maximum Gasteiger partial charge on any atom is 0.450 e. The van der Waals surface area contributed by atoms with Crippen LogP contribution in [0.4, 0.5) is 52.7 Å². The Kier molecular flexibility index (Phi) is 9.11. The van der Waals surface area contributed by atoms with Crippen LogP contribution in [-0.4, -0.2) is 62.1 Å². The molecule has 2 aliphatic rings. The van der Waals surface area contributed by atoms with Crippen molar-refractivity contribution in [1.29, 1.82) is 0 Å². The van der Waals surface area contributed by atoms with Gasteiger partial charge in [-0.3, -0.25) is 19.2 Å². The Morgan fingerprint density at radius 1 is 0.477 bits per heavy atom. The number of Topliss-reactive ketones (excluding diaryl/α,β-unsaturated/α-hetero) is 4. The monoisotopic (exact) mass is 654 g/mol. The molecule has 0 aromatic heterocycles. The molecule has 0 amide bonds. The number of rotatable bonds is 8.